The lowest BCUT2D eigenvalue weighted by molar-refractivity contribution is 0.498. The van der Waals surface area contributed by atoms with Crippen LogP contribution in [0.1, 0.15) is 30.6 Å². The van der Waals surface area contributed by atoms with Crippen molar-refractivity contribution < 1.29 is 4.42 Å². The zero-order valence-corrected chi connectivity index (χ0v) is 10.1. The summed E-state index contributed by atoms with van der Waals surface area (Å²) in [5.41, 5.74) is 1.41. The Labute approximate surface area is 99.8 Å². The molecule has 0 N–H and O–H groups in total. The van der Waals surface area contributed by atoms with Gasteiger partial charge in [0.1, 0.15) is 4.88 Å². The van der Waals surface area contributed by atoms with Crippen molar-refractivity contribution in [1.29, 1.82) is 0 Å². The molecule has 0 saturated carbocycles. The monoisotopic (exact) mass is 231 g/mol. The van der Waals surface area contributed by atoms with E-state index in [-0.39, 0.29) is 0 Å². The summed E-state index contributed by atoms with van der Waals surface area (Å²) >= 11 is 1.74. The van der Waals surface area contributed by atoms with E-state index in [1.165, 1.54) is 41.9 Å². The smallest absolute Gasteiger partial charge is 0.211 e. The summed E-state index contributed by atoms with van der Waals surface area (Å²) in [5, 5.41) is 2.09. The number of thiophene rings is 1. The molecule has 0 aliphatic heterocycles. The Kier molecular flexibility index (Phi) is 2.75. The van der Waals surface area contributed by atoms with E-state index in [4.69, 9.17) is 4.42 Å². The van der Waals surface area contributed by atoms with Gasteiger partial charge in [0.15, 0.2) is 0 Å². The van der Waals surface area contributed by atoms with E-state index in [2.05, 4.69) is 29.6 Å². The van der Waals surface area contributed by atoms with E-state index >= 15 is 0 Å². The molecule has 0 unspecified atom stereocenters. The minimum atomic E-state index is 1.02. The van der Waals surface area contributed by atoms with Gasteiger partial charge in [-0.05, 0) is 36.8 Å². The normalized spacial score (nSPS) is 15.5. The molecular formula is C14H15OS+. The summed E-state index contributed by atoms with van der Waals surface area (Å²) in [6.45, 7) is 0. The van der Waals surface area contributed by atoms with E-state index in [1.807, 2.05) is 0 Å². The SMILES string of the molecule is c1csc(-c2ccc3c([o+]2)CCCCC3)c1. The average molecular weight is 231 g/mol. The highest BCUT2D eigenvalue weighted by atomic mass is 32.1. The number of fused-ring (bicyclic) bond motifs is 1. The van der Waals surface area contributed by atoms with E-state index in [1.54, 1.807) is 11.3 Å². The largest absolute Gasteiger partial charge is 0.370 e. The Hall–Kier alpha value is -1.15. The summed E-state index contributed by atoms with van der Waals surface area (Å²) in [4.78, 5) is 1.23. The lowest BCUT2D eigenvalue weighted by atomic mass is 10.1. The first-order valence-electron chi connectivity index (χ1n) is 5.92. The first-order chi connectivity index (χ1) is 7.93. The van der Waals surface area contributed by atoms with Gasteiger partial charge in [0.05, 0.1) is 12.0 Å². The highest BCUT2D eigenvalue weighted by molar-refractivity contribution is 7.13. The molecule has 16 heavy (non-hydrogen) atoms. The summed E-state index contributed by atoms with van der Waals surface area (Å²) in [6.07, 6.45) is 6.20. The van der Waals surface area contributed by atoms with Crippen LogP contribution in [-0.4, -0.2) is 0 Å². The van der Waals surface area contributed by atoms with Crippen LogP contribution in [-0.2, 0) is 12.8 Å². The fraction of sp³-hybridized carbons (Fsp3) is 0.357. The standard InChI is InChI=1S/C14H15OS/c1-2-5-11-8-9-13(14-7-4-10-16-14)15-12(11)6-3-1/h4,7-10H,1-3,5-6H2/q+1. The van der Waals surface area contributed by atoms with Gasteiger partial charge in [0.25, 0.3) is 0 Å². The van der Waals surface area contributed by atoms with Crippen LogP contribution in [0.3, 0.4) is 0 Å². The molecule has 0 fully saturated rings. The van der Waals surface area contributed by atoms with Crippen molar-refractivity contribution in [3.05, 3.63) is 41.0 Å². The molecule has 2 heterocycles. The molecule has 82 valence electrons. The molecule has 1 aliphatic rings. The van der Waals surface area contributed by atoms with Crippen molar-refractivity contribution in [1.82, 2.24) is 0 Å². The number of hydrogen-bond donors (Lipinski definition) is 0. The third-order valence-corrected chi connectivity index (χ3v) is 4.03. The fourth-order valence-corrected chi connectivity index (χ4v) is 2.95. The molecule has 0 radical (unpaired) electrons. The molecule has 0 atom stereocenters. The quantitative estimate of drug-likeness (QED) is 0.517. The summed E-state index contributed by atoms with van der Waals surface area (Å²) in [7, 11) is 0. The van der Waals surface area contributed by atoms with Crippen molar-refractivity contribution in [2.45, 2.75) is 32.1 Å². The second-order valence-electron chi connectivity index (χ2n) is 4.29. The van der Waals surface area contributed by atoms with Crippen molar-refractivity contribution in [2.75, 3.05) is 0 Å². The minimum Gasteiger partial charge on any atom is -0.211 e. The molecule has 1 aliphatic carbocycles. The van der Waals surface area contributed by atoms with Crippen molar-refractivity contribution in [3.8, 4) is 10.6 Å². The highest BCUT2D eigenvalue weighted by Gasteiger charge is 2.22. The minimum absolute atomic E-state index is 1.02. The molecular weight excluding hydrogens is 216 g/mol. The maximum atomic E-state index is 6.03. The fourth-order valence-electron chi connectivity index (χ4n) is 2.26. The van der Waals surface area contributed by atoms with Crippen LogP contribution in [0.15, 0.2) is 34.1 Å². The van der Waals surface area contributed by atoms with Gasteiger partial charge in [0, 0.05) is 6.07 Å². The maximum Gasteiger partial charge on any atom is 0.370 e. The second kappa shape index (κ2) is 4.38. The van der Waals surface area contributed by atoms with Crippen LogP contribution >= 0.6 is 11.3 Å². The van der Waals surface area contributed by atoms with Gasteiger partial charge in [0.2, 0.25) is 0 Å². The molecule has 1 nitrogen and oxygen atoms in total. The van der Waals surface area contributed by atoms with Crippen LogP contribution in [0.4, 0.5) is 0 Å². The zero-order valence-electron chi connectivity index (χ0n) is 9.24. The topological polar surface area (TPSA) is 11.3 Å². The van der Waals surface area contributed by atoms with Crippen LogP contribution in [0, 0.1) is 0 Å². The Morgan fingerprint density at radius 1 is 1.00 bits per heavy atom. The third-order valence-electron chi connectivity index (χ3n) is 3.14. The van der Waals surface area contributed by atoms with Crippen LogP contribution in [0.25, 0.3) is 10.6 Å². The van der Waals surface area contributed by atoms with Gasteiger partial charge >= 0.3 is 11.5 Å². The lowest BCUT2D eigenvalue weighted by Crippen LogP contribution is -1.90. The zero-order chi connectivity index (χ0) is 10.8. The molecule has 2 aromatic rings. The van der Waals surface area contributed by atoms with Gasteiger partial charge in [-0.15, -0.1) is 11.3 Å². The number of aryl methyl sites for hydroxylation is 2. The van der Waals surface area contributed by atoms with Crippen LogP contribution < -0.4 is 0 Å². The van der Waals surface area contributed by atoms with Gasteiger partial charge in [-0.1, -0.05) is 12.5 Å². The average Bonchev–Trinajstić information content (AvgIpc) is 2.74. The van der Waals surface area contributed by atoms with Gasteiger partial charge in [-0.2, -0.15) is 0 Å². The molecule has 0 saturated heterocycles. The molecule has 3 rings (SSSR count). The third kappa shape index (κ3) is 1.90. The molecule has 2 heteroatoms. The Morgan fingerprint density at radius 2 is 1.94 bits per heavy atom. The van der Waals surface area contributed by atoms with E-state index < -0.39 is 0 Å². The summed E-state index contributed by atoms with van der Waals surface area (Å²) in [6, 6.07) is 8.56. The molecule has 2 aromatic heterocycles. The van der Waals surface area contributed by atoms with Crippen molar-refractivity contribution in [2.24, 2.45) is 0 Å². The van der Waals surface area contributed by atoms with Gasteiger partial charge < -0.3 is 0 Å². The van der Waals surface area contributed by atoms with Gasteiger partial charge in [-0.3, -0.25) is 0 Å². The molecule has 0 aromatic carbocycles. The summed E-state index contributed by atoms with van der Waals surface area (Å²) < 4.78 is 6.03. The first kappa shape index (κ1) is 10.0. The van der Waals surface area contributed by atoms with E-state index in [0.717, 1.165) is 12.2 Å². The van der Waals surface area contributed by atoms with E-state index in [0.29, 0.717) is 0 Å². The Bertz CT molecular complexity index is 473. The second-order valence-corrected chi connectivity index (χ2v) is 5.23. The summed E-state index contributed by atoms with van der Waals surface area (Å²) in [5.74, 6) is 2.24. The maximum absolute atomic E-state index is 6.03. The van der Waals surface area contributed by atoms with E-state index in [9.17, 15) is 0 Å². The molecule has 0 amide bonds. The predicted octanol–water partition coefficient (Wildman–Crippen LogP) is 4.56. The van der Waals surface area contributed by atoms with Crippen molar-refractivity contribution in [3.63, 3.8) is 0 Å². The Morgan fingerprint density at radius 3 is 2.81 bits per heavy atom. The van der Waals surface area contributed by atoms with Crippen molar-refractivity contribution >= 4 is 11.3 Å². The van der Waals surface area contributed by atoms with Crippen LogP contribution in [0.5, 0.6) is 0 Å². The molecule has 0 bridgehead atoms. The number of hydrogen-bond acceptors (Lipinski definition) is 1. The Balaban J connectivity index is 2.01. The molecule has 0 spiro atoms. The number of rotatable bonds is 1. The lowest BCUT2D eigenvalue weighted by Gasteiger charge is -1.95. The van der Waals surface area contributed by atoms with Crippen LogP contribution in [0.2, 0.25) is 0 Å². The predicted molar refractivity (Wildman–Crippen MR) is 67.7 cm³/mol. The first-order valence-corrected chi connectivity index (χ1v) is 6.80. The van der Waals surface area contributed by atoms with Gasteiger partial charge in [-0.25, -0.2) is 4.42 Å². The highest BCUT2D eigenvalue weighted by Crippen LogP contribution is 2.29.